The molecule has 0 N–H and O–H groups in total. The van der Waals surface area contributed by atoms with E-state index in [1.54, 1.807) is 0 Å². The van der Waals surface area contributed by atoms with Crippen molar-refractivity contribution in [3.8, 4) is 11.3 Å². The predicted octanol–water partition coefficient (Wildman–Crippen LogP) is 5.66. The minimum Gasteiger partial charge on any atom is -0.467 e. The van der Waals surface area contributed by atoms with Crippen molar-refractivity contribution >= 4 is 17.6 Å². The van der Waals surface area contributed by atoms with Gasteiger partial charge in [-0.25, -0.2) is 4.79 Å². The van der Waals surface area contributed by atoms with Gasteiger partial charge in [-0.2, -0.15) is 0 Å². The maximum Gasteiger partial charge on any atom is 0.339 e. The second-order valence-corrected chi connectivity index (χ2v) is 8.21. The van der Waals surface area contributed by atoms with Crippen LogP contribution in [0.15, 0.2) is 18.2 Å². The van der Waals surface area contributed by atoms with Crippen molar-refractivity contribution < 1.29 is 14.3 Å². The van der Waals surface area contributed by atoms with Crippen molar-refractivity contribution in [2.45, 2.75) is 60.2 Å². The summed E-state index contributed by atoms with van der Waals surface area (Å²) in [6, 6.07) is 6.21. The fourth-order valence-corrected chi connectivity index (χ4v) is 3.26. The summed E-state index contributed by atoms with van der Waals surface area (Å²) in [4.78, 5) is 17.2. The maximum atomic E-state index is 12.4. The van der Waals surface area contributed by atoms with Crippen LogP contribution in [0.2, 0.25) is 5.02 Å². The van der Waals surface area contributed by atoms with E-state index in [0.717, 1.165) is 16.8 Å². The number of carbonyl (C=O) groups excluding carboxylic acids is 1. The number of carbonyl (C=O) groups is 1. The highest BCUT2D eigenvalue weighted by Gasteiger charge is 2.32. The first-order valence-electron chi connectivity index (χ1n) is 8.96. The minimum atomic E-state index is -0.928. The number of methoxy groups -OCH3 is 1. The first-order chi connectivity index (χ1) is 12.5. The summed E-state index contributed by atoms with van der Waals surface area (Å²) in [5.74, 6) is -0.491. The van der Waals surface area contributed by atoms with Crippen LogP contribution in [-0.2, 0) is 14.3 Å². The highest BCUT2D eigenvalue weighted by Crippen LogP contribution is 2.38. The summed E-state index contributed by atoms with van der Waals surface area (Å²) in [6.07, 6.45) is -0.928. The van der Waals surface area contributed by atoms with Crippen LogP contribution in [0.3, 0.4) is 0 Å². The lowest BCUT2D eigenvalue weighted by Crippen LogP contribution is -2.29. The molecule has 1 aromatic heterocycles. The van der Waals surface area contributed by atoms with E-state index in [9.17, 15) is 4.79 Å². The van der Waals surface area contributed by atoms with Gasteiger partial charge >= 0.3 is 5.97 Å². The average molecular weight is 390 g/mol. The molecule has 0 fully saturated rings. The zero-order chi connectivity index (χ0) is 20.5. The number of nitrogens with zero attached hydrogens (tertiary/aromatic N) is 1. The Balaban J connectivity index is 2.64. The third-order valence-corrected chi connectivity index (χ3v) is 5.01. The van der Waals surface area contributed by atoms with Gasteiger partial charge in [-0.1, -0.05) is 23.7 Å². The summed E-state index contributed by atoms with van der Waals surface area (Å²) < 4.78 is 10.9. The van der Waals surface area contributed by atoms with Gasteiger partial charge in [-0.15, -0.1) is 0 Å². The second-order valence-electron chi connectivity index (χ2n) is 7.83. The Kier molecular flexibility index (Phi) is 6.33. The molecule has 1 aromatic carbocycles. The summed E-state index contributed by atoms with van der Waals surface area (Å²) in [7, 11) is 1.34. The molecule has 1 atom stereocenters. The number of aromatic nitrogens is 1. The lowest BCUT2D eigenvalue weighted by Gasteiger charge is -2.28. The first-order valence-corrected chi connectivity index (χ1v) is 9.34. The van der Waals surface area contributed by atoms with E-state index in [4.69, 9.17) is 26.1 Å². The Hall–Kier alpha value is -1.91. The molecule has 146 valence electrons. The van der Waals surface area contributed by atoms with E-state index in [1.807, 2.05) is 40.7 Å². The van der Waals surface area contributed by atoms with Crippen molar-refractivity contribution in [2.75, 3.05) is 7.11 Å². The van der Waals surface area contributed by atoms with Gasteiger partial charge < -0.3 is 9.47 Å². The second kappa shape index (κ2) is 7.99. The summed E-state index contributed by atoms with van der Waals surface area (Å²) in [5, 5.41) is 0.482. The molecule has 0 aliphatic rings. The standard InChI is InChI=1S/C22H28ClNO3/c1-12-9-10-16(11-13(12)2)19-14(3)18(23)17(15(4)24-19)20(21(25)26-8)27-22(5,6)7/h9-11,20H,1-8H3. The van der Waals surface area contributed by atoms with Crippen LogP contribution in [0.25, 0.3) is 11.3 Å². The van der Waals surface area contributed by atoms with Crippen LogP contribution < -0.4 is 0 Å². The molecule has 1 unspecified atom stereocenters. The molecule has 0 saturated heterocycles. The molecule has 0 aliphatic heterocycles. The molecule has 0 spiro atoms. The fraction of sp³-hybridized carbons (Fsp3) is 0.455. The molecule has 2 rings (SSSR count). The van der Waals surface area contributed by atoms with Gasteiger partial charge in [-0.05, 0) is 71.2 Å². The number of halogens is 1. The molecule has 0 saturated carbocycles. The first kappa shape index (κ1) is 21.4. The van der Waals surface area contributed by atoms with Crippen LogP contribution in [-0.4, -0.2) is 23.7 Å². The molecule has 0 bridgehead atoms. The number of rotatable bonds is 4. The normalized spacial score (nSPS) is 12.8. The van der Waals surface area contributed by atoms with Crippen LogP contribution in [0.1, 0.15) is 54.8 Å². The summed E-state index contributed by atoms with van der Waals surface area (Å²) >= 11 is 6.72. The van der Waals surface area contributed by atoms with Crippen LogP contribution in [0.5, 0.6) is 0 Å². The number of hydrogen-bond donors (Lipinski definition) is 0. The van der Waals surface area contributed by atoms with E-state index in [-0.39, 0.29) is 0 Å². The topological polar surface area (TPSA) is 48.4 Å². The van der Waals surface area contributed by atoms with Gasteiger partial charge in [-0.3, -0.25) is 4.98 Å². The molecular formula is C22H28ClNO3. The monoisotopic (exact) mass is 389 g/mol. The number of aryl methyl sites for hydroxylation is 3. The molecule has 1 heterocycles. The van der Waals surface area contributed by atoms with Crippen molar-refractivity contribution in [1.29, 1.82) is 0 Å². The maximum absolute atomic E-state index is 12.4. The fourth-order valence-electron chi connectivity index (χ4n) is 2.94. The van der Waals surface area contributed by atoms with Crippen molar-refractivity contribution in [3.05, 3.63) is 51.2 Å². The van der Waals surface area contributed by atoms with E-state index in [1.165, 1.54) is 18.2 Å². The Labute approximate surface area is 166 Å². The van der Waals surface area contributed by atoms with E-state index >= 15 is 0 Å². The van der Waals surface area contributed by atoms with Crippen molar-refractivity contribution in [1.82, 2.24) is 4.98 Å². The van der Waals surface area contributed by atoms with E-state index < -0.39 is 17.7 Å². The zero-order valence-electron chi connectivity index (χ0n) is 17.4. The Morgan fingerprint density at radius 2 is 1.74 bits per heavy atom. The average Bonchev–Trinajstić information content (AvgIpc) is 2.58. The number of hydrogen-bond acceptors (Lipinski definition) is 4. The van der Waals surface area contributed by atoms with Gasteiger partial charge in [0.2, 0.25) is 0 Å². The third-order valence-electron chi connectivity index (χ3n) is 4.52. The molecule has 2 aromatic rings. The predicted molar refractivity (Wildman–Crippen MR) is 109 cm³/mol. The highest BCUT2D eigenvalue weighted by atomic mass is 35.5. The van der Waals surface area contributed by atoms with Crippen molar-refractivity contribution in [2.24, 2.45) is 0 Å². The lowest BCUT2D eigenvalue weighted by atomic mass is 9.97. The van der Waals surface area contributed by atoms with Gasteiger partial charge in [0.05, 0.1) is 23.4 Å². The third kappa shape index (κ3) is 4.69. The molecule has 27 heavy (non-hydrogen) atoms. The lowest BCUT2D eigenvalue weighted by molar-refractivity contribution is -0.164. The molecule has 5 heteroatoms. The van der Waals surface area contributed by atoms with Gasteiger partial charge in [0.15, 0.2) is 6.10 Å². The number of benzene rings is 1. The highest BCUT2D eigenvalue weighted by molar-refractivity contribution is 6.32. The molecule has 0 aliphatic carbocycles. The molecule has 4 nitrogen and oxygen atoms in total. The minimum absolute atomic E-state index is 0.482. The van der Waals surface area contributed by atoms with Gasteiger partial charge in [0.25, 0.3) is 0 Å². The smallest absolute Gasteiger partial charge is 0.339 e. The Morgan fingerprint density at radius 3 is 2.26 bits per heavy atom. The molecular weight excluding hydrogens is 362 g/mol. The Bertz CT molecular complexity index is 869. The molecule has 0 amide bonds. The zero-order valence-corrected chi connectivity index (χ0v) is 18.1. The van der Waals surface area contributed by atoms with Crippen LogP contribution >= 0.6 is 11.6 Å². The largest absolute Gasteiger partial charge is 0.467 e. The summed E-state index contributed by atoms with van der Waals surface area (Å²) in [5.41, 5.74) is 5.70. The number of esters is 1. The number of pyridine rings is 1. The Morgan fingerprint density at radius 1 is 1.11 bits per heavy atom. The van der Waals surface area contributed by atoms with Gasteiger partial charge in [0.1, 0.15) is 0 Å². The van der Waals surface area contributed by atoms with E-state index in [0.29, 0.717) is 16.3 Å². The SMILES string of the molecule is COC(=O)C(OC(C)(C)C)c1c(C)nc(-c2ccc(C)c(C)c2)c(C)c1Cl. The summed E-state index contributed by atoms with van der Waals surface area (Å²) in [6.45, 7) is 13.6. The number of ether oxygens (including phenoxy) is 2. The van der Waals surface area contributed by atoms with Gasteiger partial charge in [0, 0.05) is 16.8 Å². The van der Waals surface area contributed by atoms with E-state index in [2.05, 4.69) is 26.0 Å². The van der Waals surface area contributed by atoms with Crippen molar-refractivity contribution in [3.63, 3.8) is 0 Å². The van der Waals surface area contributed by atoms with Crippen LogP contribution in [0, 0.1) is 27.7 Å². The molecule has 0 radical (unpaired) electrons. The van der Waals surface area contributed by atoms with Crippen LogP contribution in [0.4, 0.5) is 0 Å². The quantitative estimate of drug-likeness (QED) is 0.632.